The predicted octanol–water partition coefficient (Wildman–Crippen LogP) is 12.9. The lowest BCUT2D eigenvalue weighted by molar-refractivity contribution is 0.626. The Balaban J connectivity index is 0.000000560. The van der Waals surface area contributed by atoms with Crippen molar-refractivity contribution in [3.8, 4) is 11.1 Å². The number of hydrogen-bond acceptors (Lipinski definition) is 0. The van der Waals surface area contributed by atoms with Gasteiger partial charge in [-0.05, 0) is 55.6 Å². The van der Waals surface area contributed by atoms with Gasteiger partial charge in [0.1, 0.15) is 0 Å². The van der Waals surface area contributed by atoms with Gasteiger partial charge in [-0.1, -0.05) is 213 Å². The Morgan fingerprint density at radius 3 is 1.07 bits per heavy atom. The van der Waals surface area contributed by atoms with Crippen molar-refractivity contribution in [2.24, 2.45) is 0 Å². The number of hydrogen-bond donors (Lipinski definition) is 0. The topological polar surface area (TPSA) is 0 Å². The first-order chi connectivity index (χ1) is 22.9. The van der Waals surface area contributed by atoms with E-state index in [1.807, 2.05) is 55.4 Å². The first-order valence-electron chi connectivity index (χ1n) is 17.4. The molecule has 6 aromatic rings. The molecule has 6 aromatic carbocycles. The molecule has 234 valence electrons. The van der Waals surface area contributed by atoms with Crippen LogP contribution in [0.1, 0.15) is 99.9 Å². The van der Waals surface area contributed by atoms with Crippen LogP contribution in [0.25, 0.3) is 11.1 Å². The summed E-state index contributed by atoms with van der Waals surface area (Å²) in [6.07, 6.45) is 0. The lowest BCUT2D eigenvalue weighted by Gasteiger charge is -2.49. The maximum Gasteiger partial charge on any atom is 0.0720 e. The quantitative estimate of drug-likeness (QED) is 0.189. The van der Waals surface area contributed by atoms with E-state index in [-0.39, 0.29) is 5.41 Å². The molecule has 0 N–H and O–H groups in total. The molecular formula is C46H50. The van der Waals surface area contributed by atoms with E-state index in [2.05, 4.69) is 158 Å². The van der Waals surface area contributed by atoms with Crippen molar-refractivity contribution in [2.75, 3.05) is 0 Å². The van der Waals surface area contributed by atoms with Crippen LogP contribution in [-0.2, 0) is 10.8 Å². The molecule has 0 nitrogen and oxygen atoms in total. The standard InChI is InChI=1S/C38H26.4C2H6/c1-4-15-27(16-5-1)37(28-17-6-2-7-18-28)33-24-12-13-25-34(33)38(29-19-8-3-9-20-29)32-23-11-10-21-30(32)31-22-14-26-35(37)36(31)38;4*1-2/h1-26H;4*1-2H3. The van der Waals surface area contributed by atoms with Gasteiger partial charge >= 0.3 is 0 Å². The zero-order chi connectivity index (χ0) is 33.2. The van der Waals surface area contributed by atoms with Crippen LogP contribution in [0.5, 0.6) is 0 Å². The number of fused-ring (bicyclic) bond motifs is 5. The fraction of sp³-hybridized carbons (Fsp3) is 0.217. The SMILES string of the molecule is CC.CC.CC.CC.c1ccc(C2(c3ccccc3)c3ccccc3C3(c4ccccc4)c4ccccc4-c4cccc2c43)cc1. The molecule has 0 aromatic heterocycles. The zero-order valence-electron chi connectivity index (χ0n) is 29.0. The summed E-state index contributed by atoms with van der Waals surface area (Å²) < 4.78 is 0. The maximum absolute atomic E-state index is 2.39. The van der Waals surface area contributed by atoms with Gasteiger partial charge in [-0.3, -0.25) is 0 Å². The van der Waals surface area contributed by atoms with E-state index in [1.54, 1.807) is 0 Å². The second-order valence-corrected chi connectivity index (χ2v) is 10.4. The zero-order valence-corrected chi connectivity index (χ0v) is 29.0. The van der Waals surface area contributed by atoms with Crippen molar-refractivity contribution in [2.45, 2.75) is 66.2 Å². The minimum Gasteiger partial charge on any atom is -0.0683 e. The molecule has 8 rings (SSSR count). The van der Waals surface area contributed by atoms with Gasteiger partial charge in [-0.25, -0.2) is 0 Å². The van der Waals surface area contributed by atoms with Crippen molar-refractivity contribution in [3.63, 3.8) is 0 Å². The van der Waals surface area contributed by atoms with Gasteiger partial charge in [0.15, 0.2) is 0 Å². The minimum atomic E-state index is -0.440. The molecular weight excluding hydrogens is 553 g/mol. The van der Waals surface area contributed by atoms with Gasteiger partial charge in [-0.2, -0.15) is 0 Å². The van der Waals surface area contributed by atoms with Crippen LogP contribution in [0.15, 0.2) is 158 Å². The van der Waals surface area contributed by atoms with Crippen molar-refractivity contribution < 1.29 is 0 Å². The highest BCUT2D eigenvalue weighted by atomic mass is 14.6. The summed E-state index contributed by atoms with van der Waals surface area (Å²) >= 11 is 0. The summed E-state index contributed by atoms with van der Waals surface area (Å²) in [6.45, 7) is 16.0. The molecule has 0 saturated carbocycles. The molecule has 0 bridgehead atoms. The third kappa shape index (κ3) is 5.01. The molecule has 46 heavy (non-hydrogen) atoms. The Labute approximate surface area is 278 Å². The molecule has 0 amide bonds. The molecule has 2 aliphatic carbocycles. The second-order valence-electron chi connectivity index (χ2n) is 10.4. The van der Waals surface area contributed by atoms with Crippen molar-refractivity contribution >= 4 is 0 Å². The average Bonchev–Trinajstić information content (AvgIpc) is 3.49. The highest BCUT2D eigenvalue weighted by molar-refractivity contribution is 5.91. The lowest BCUT2D eigenvalue weighted by atomic mass is 9.52. The van der Waals surface area contributed by atoms with Gasteiger partial charge in [-0.15, -0.1) is 0 Å². The fourth-order valence-corrected chi connectivity index (χ4v) is 7.54. The smallest absolute Gasteiger partial charge is 0.0683 e. The van der Waals surface area contributed by atoms with Crippen LogP contribution in [0, 0.1) is 0 Å². The van der Waals surface area contributed by atoms with Crippen molar-refractivity contribution in [1.82, 2.24) is 0 Å². The van der Waals surface area contributed by atoms with Gasteiger partial charge in [0, 0.05) is 0 Å². The van der Waals surface area contributed by atoms with Gasteiger partial charge < -0.3 is 0 Å². The summed E-state index contributed by atoms with van der Waals surface area (Å²) in [7, 11) is 0. The van der Waals surface area contributed by atoms with Crippen LogP contribution in [0.3, 0.4) is 0 Å². The summed E-state index contributed by atoms with van der Waals surface area (Å²) in [5, 5.41) is 0. The molecule has 2 aliphatic rings. The molecule has 1 atom stereocenters. The molecule has 0 fully saturated rings. The van der Waals surface area contributed by atoms with Crippen LogP contribution in [0.4, 0.5) is 0 Å². The predicted molar refractivity (Wildman–Crippen MR) is 201 cm³/mol. The van der Waals surface area contributed by atoms with Crippen molar-refractivity contribution in [3.05, 3.63) is 202 Å². The van der Waals surface area contributed by atoms with E-state index in [1.165, 1.54) is 55.6 Å². The highest BCUT2D eigenvalue weighted by Crippen LogP contribution is 2.65. The summed E-state index contributed by atoms with van der Waals surface area (Å²) in [6, 6.07) is 58.5. The molecule has 0 aliphatic heterocycles. The summed E-state index contributed by atoms with van der Waals surface area (Å²) in [4.78, 5) is 0. The van der Waals surface area contributed by atoms with E-state index in [4.69, 9.17) is 0 Å². The van der Waals surface area contributed by atoms with E-state index in [0.29, 0.717) is 0 Å². The number of rotatable bonds is 3. The summed E-state index contributed by atoms with van der Waals surface area (Å²) in [5.74, 6) is 0. The first-order valence-corrected chi connectivity index (χ1v) is 17.4. The van der Waals surface area contributed by atoms with Gasteiger partial charge in [0.05, 0.1) is 10.8 Å². The van der Waals surface area contributed by atoms with E-state index < -0.39 is 5.41 Å². The monoisotopic (exact) mass is 602 g/mol. The normalized spacial score (nSPS) is 15.2. The maximum atomic E-state index is 2.39. The van der Waals surface area contributed by atoms with Crippen LogP contribution in [-0.4, -0.2) is 0 Å². The van der Waals surface area contributed by atoms with Crippen LogP contribution in [0.2, 0.25) is 0 Å². The average molecular weight is 603 g/mol. The Bertz CT molecular complexity index is 1740. The second kappa shape index (κ2) is 15.5. The van der Waals surface area contributed by atoms with E-state index in [0.717, 1.165) is 0 Å². The summed E-state index contributed by atoms with van der Waals surface area (Å²) in [5.41, 5.74) is 12.6. The Hall–Kier alpha value is -4.68. The lowest BCUT2D eigenvalue weighted by Crippen LogP contribution is -2.44. The van der Waals surface area contributed by atoms with E-state index >= 15 is 0 Å². The van der Waals surface area contributed by atoms with E-state index in [9.17, 15) is 0 Å². The van der Waals surface area contributed by atoms with Gasteiger partial charge in [0.2, 0.25) is 0 Å². The third-order valence-electron chi connectivity index (χ3n) is 8.82. The first kappa shape index (κ1) is 34.2. The minimum absolute atomic E-state index is 0.382. The Morgan fingerprint density at radius 2 is 0.587 bits per heavy atom. The van der Waals surface area contributed by atoms with Gasteiger partial charge in [0.25, 0.3) is 0 Å². The molecule has 0 radical (unpaired) electrons. The number of benzene rings is 6. The molecule has 0 saturated heterocycles. The fourth-order valence-electron chi connectivity index (χ4n) is 7.54. The highest BCUT2D eigenvalue weighted by Gasteiger charge is 2.57. The molecule has 1 unspecified atom stereocenters. The third-order valence-corrected chi connectivity index (χ3v) is 8.82. The van der Waals surface area contributed by atoms with Crippen molar-refractivity contribution in [1.29, 1.82) is 0 Å². The van der Waals surface area contributed by atoms with Crippen LogP contribution < -0.4 is 0 Å². The Morgan fingerprint density at radius 1 is 0.261 bits per heavy atom. The molecule has 0 spiro atoms. The largest absolute Gasteiger partial charge is 0.0720 e. The molecule has 0 heteroatoms. The Kier molecular flexibility index (Phi) is 11.6. The molecule has 0 heterocycles. The van der Waals surface area contributed by atoms with Crippen LogP contribution >= 0.6 is 0 Å².